The number of halogens is 1. The van der Waals surface area contributed by atoms with Crippen molar-refractivity contribution in [2.75, 3.05) is 27.3 Å². The van der Waals surface area contributed by atoms with Crippen LogP contribution in [0.5, 0.6) is 0 Å². The lowest BCUT2D eigenvalue weighted by atomic mass is 10.2. The van der Waals surface area contributed by atoms with Crippen LogP contribution in [0.3, 0.4) is 0 Å². The van der Waals surface area contributed by atoms with Crippen LogP contribution in [0, 0.1) is 5.82 Å². The summed E-state index contributed by atoms with van der Waals surface area (Å²) in [5.74, 6) is -0.827. The molecule has 0 spiro atoms. The fourth-order valence-corrected chi connectivity index (χ4v) is 2.17. The summed E-state index contributed by atoms with van der Waals surface area (Å²) in [5, 5.41) is 0. The van der Waals surface area contributed by atoms with Gasteiger partial charge in [-0.15, -0.1) is 0 Å². The van der Waals surface area contributed by atoms with Crippen molar-refractivity contribution < 1.29 is 18.7 Å². The monoisotopic (exact) mass is 253 g/mol. The number of methoxy groups -OCH3 is 2. The van der Waals surface area contributed by atoms with E-state index in [0.717, 1.165) is 0 Å². The highest BCUT2D eigenvalue weighted by Crippen LogP contribution is 2.19. The molecule has 5 heteroatoms. The molecule has 0 aliphatic carbocycles. The molecule has 0 radical (unpaired) electrons. The van der Waals surface area contributed by atoms with Crippen LogP contribution in [0.4, 0.5) is 4.39 Å². The van der Waals surface area contributed by atoms with E-state index in [1.807, 2.05) is 0 Å². The summed E-state index contributed by atoms with van der Waals surface area (Å²) in [6.07, 6.45) is -0.323. The van der Waals surface area contributed by atoms with E-state index in [9.17, 15) is 9.18 Å². The van der Waals surface area contributed by atoms with Gasteiger partial charge in [-0.3, -0.25) is 4.79 Å². The zero-order valence-electron chi connectivity index (χ0n) is 10.4. The second-order valence-corrected chi connectivity index (χ2v) is 4.24. The van der Waals surface area contributed by atoms with E-state index < -0.39 is 5.82 Å². The summed E-state index contributed by atoms with van der Waals surface area (Å²) in [6.45, 7) is 0.838. The molecule has 1 amide bonds. The van der Waals surface area contributed by atoms with E-state index >= 15 is 0 Å². The maximum Gasteiger partial charge on any atom is 0.257 e. The molecule has 1 fully saturated rings. The molecular weight excluding hydrogens is 237 g/mol. The van der Waals surface area contributed by atoms with Crippen LogP contribution < -0.4 is 0 Å². The quantitative estimate of drug-likeness (QED) is 0.815. The van der Waals surface area contributed by atoms with Crippen LogP contribution in [0.2, 0.25) is 0 Å². The molecule has 1 aliphatic heterocycles. The van der Waals surface area contributed by atoms with E-state index in [2.05, 4.69) is 0 Å². The van der Waals surface area contributed by atoms with E-state index in [-0.39, 0.29) is 23.7 Å². The third-order valence-corrected chi connectivity index (χ3v) is 3.21. The fraction of sp³-hybridized carbons (Fsp3) is 0.462. The molecule has 2 atom stereocenters. The minimum absolute atomic E-state index is 0.0871. The zero-order valence-corrected chi connectivity index (χ0v) is 10.4. The van der Waals surface area contributed by atoms with Gasteiger partial charge in [0.25, 0.3) is 5.91 Å². The Hall–Kier alpha value is -1.46. The fourth-order valence-electron chi connectivity index (χ4n) is 2.17. The summed E-state index contributed by atoms with van der Waals surface area (Å²) >= 11 is 0. The third kappa shape index (κ3) is 2.37. The highest BCUT2D eigenvalue weighted by molar-refractivity contribution is 5.94. The number of amides is 1. The third-order valence-electron chi connectivity index (χ3n) is 3.21. The SMILES string of the molecule is COC1CN(C(=O)c2ccccc2F)CC1OC. The molecule has 0 N–H and O–H groups in total. The van der Waals surface area contributed by atoms with Crippen LogP contribution in [0.1, 0.15) is 10.4 Å². The number of carbonyl (C=O) groups is 1. The average molecular weight is 253 g/mol. The molecule has 0 saturated carbocycles. The zero-order chi connectivity index (χ0) is 13.1. The number of likely N-dealkylation sites (tertiary alicyclic amines) is 1. The number of nitrogens with zero attached hydrogens (tertiary/aromatic N) is 1. The second-order valence-electron chi connectivity index (χ2n) is 4.24. The minimum atomic E-state index is -0.502. The molecule has 1 aromatic carbocycles. The summed E-state index contributed by atoms with van der Waals surface area (Å²) in [5.41, 5.74) is 0.0871. The summed E-state index contributed by atoms with van der Waals surface area (Å²) in [6, 6.07) is 5.98. The Morgan fingerprint density at radius 2 is 1.78 bits per heavy atom. The van der Waals surface area contributed by atoms with Gasteiger partial charge in [0.05, 0.1) is 5.56 Å². The second kappa shape index (κ2) is 5.46. The lowest BCUT2D eigenvalue weighted by Crippen LogP contribution is -2.30. The Morgan fingerprint density at radius 1 is 1.22 bits per heavy atom. The molecular formula is C13H16FNO3. The predicted molar refractivity (Wildman–Crippen MR) is 63.9 cm³/mol. The first-order chi connectivity index (χ1) is 8.67. The molecule has 2 rings (SSSR count). The van der Waals surface area contributed by atoms with Crippen molar-refractivity contribution in [1.29, 1.82) is 0 Å². The number of rotatable bonds is 3. The molecule has 2 unspecified atom stereocenters. The van der Waals surface area contributed by atoms with Gasteiger partial charge >= 0.3 is 0 Å². The first-order valence-corrected chi connectivity index (χ1v) is 5.76. The number of hydrogen-bond acceptors (Lipinski definition) is 3. The molecule has 1 saturated heterocycles. The Balaban J connectivity index is 2.14. The molecule has 1 aromatic rings. The van der Waals surface area contributed by atoms with Crippen molar-refractivity contribution in [2.24, 2.45) is 0 Å². The largest absolute Gasteiger partial charge is 0.377 e. The lowest BCUT2D eigenvalue weighted by Gasteiger charge is -2.16. The molecule has 1 heterocycles. The van der Waals surface area contributed by atoms with Gasteiger partial charge in [0.2, 0.25) is 0 Å². The smallest absolute Gasteiger partial charge is 0.257 e. The Kier molecular flexibility index (Phi) is 3.93. The number of benzene rings is 1. The van der Waals surface area contributed by atoms with Crippen molar-refractivity contribution in [3.63, 3.8) is 0 Å². The highest BCUT2D eigenvalue weighted by Gasteiger charge is 2.36. The summed E-state index contributed by atoms with van der Waals surface area (Å²) in [4.78, 5) is 13.7. The van der Waals surface area contributed by atoms with Crippen LogP contribution in [-0.2, 0) is 9.47 Å². The van der Waals surface area contributed by atoms with E-state index in [1.54, 1.807) is 31.3 Å². The summed E-state index contributed by atoms with van der Waals surface area (Å²) in [7, 11) is 3.15. The highest BCUT2D eigenvalue weighted by atomic mass is 19.1. The van der Waals surface area contributed by atoms with Gasteiger partial charge in [-0.05, 0) is 12.1 Å². The van der Waals surface area contributed by atoms with Crippen molar-refractivity contribution in [1.82, 2.24) is 4.90 Å². The normalized spacial score (nSPS) is 23.4. The van der Waals surface area contributed by atoms with Crippen molar-refractivity contribution in [2.45, 2.75) is 12.2 Å². The van der Waals surface area contributed by atoms with Crippen LogP contribution in [0.25, 0.3) is 0 Å². The first-order valence-electron chi connectivity index (χ1n) is 5.76. The molecule has 1 aliphatic rings. The predicted octanol–water partition coefficient (Wildman–Crippen LogP) is 1.31. The maximum absolute atomic E-state index is 13.5. The Bertz CT molecular complexity index is 426. The van der Waals surface area contributed by atoms with E-state index in [4.69, 9.17) is 9.47 Å². The summed E-state index contributed by atoms with van der Waals surface area (Å²) < 4.78 is 24.0. The van der Waals surface area contributed by atoms with Crippen LogP contribution in [0.15, 0.2) is 24.3 Å². The first kappa shape index (κ1) is 13.0. The van der Waals surface area contributed by atoms with Gasteiger partial charge in [0.15, 0.2) is 0 Å². The number of ether oxygens (including phenoxy) is 2. The van der Waals surface area contributed by atoms with E-state index in [0.29, 0.717) is 13.1 Å². The van der Waals surface area contributed by atoms with Crippen LogP contribution in [-0.4, -0.2) is 50.3 Å². The topological polar surface area (TPSA) is 38.8 Å². The van der Waals surface area contributed by atoms with Crippen LogP contribution >= 0.6 is 0 Å². The maximum atomic E-state index is 13.5. The average Bonchev–Trinajstić information content (AvgIpc) is 2.81. The van der Waals surface area contributed by atoms with Gasteiger partial charge in [-0.2, -0.15) is 0 Å². The molecule has 0 aromatic heterocycles. The molecule has 98 valence electrons. The lowest BCUT2D eigenvalue weighted by molar-refractivity contribution is -0.00461. The van der Waals surface area contributed by atoms with Crippen molar-refractivity contribution in [3.8, 4) is 0 Å². The van der Waals surface area contributed by atoms with Gasteiger partial charge in [0, 0.05) is 27.3 Å². The number of carbonyl (C=O) groups excluding carboxylic acids is 1. The minimum Gasteiger partial charge on any atom is -0.377 e. The van der Waals surface area contributed by atoms with Crippen molar-refractivity contribution in [3.05, 3.63) is 35.6 Å². The standard InChI is InChI=1S/C13H16FNO3/c1-17-11-7-15(8-12(11)18-2)13(16)9-5-3-4-6-10(9)14/h3-6,11-12H,7-8H2,1-2H3. The molecule has 4 nitrogen and oxygen atoms in total. The molecule has 18 heavy (non-hydrogen) atoms. The van der Waals surface area contributed by atoms with Gasteiger partial charge in [-0.25, -0.2) is 4.39 Å². The Morgan fingerprint density at radius 3 is 2.28 bits per heavy atom. The van der Waals surface area contributed by atoms with Gasteiger partial charge < -0.3 is 14.4 Å². The van der Waals surface area contributed by atoms with Gasteiger partial charge in [-0.1, -0.05) is 12.1 Å². The van der Waals surface area contributed by atoms with Gasteiger partial charge in [0.1, 0.15) is 18.0 Å². The van der Waals surface area contributed by atoms with Crippen molar-refractivity contribution >= 4 is 5.91 Å². The van der Waals surface area contributed by atoms with E-state index in [1.165, 1.54) is 12.1 Å². The molecule has 0 bridgehead atoms. The Labute approximate surface area is 105 Å². The number of hydrogen-bond donors (Lipinski definition) is 0.